The number of hydrogen-bond donors (Lipinski definition) is 2. The van der Waals surface area contributed by atoms with Crippen LogP contribution >= 0.6 is 0 Å². The number of rotatable bonds is 8. The van der Waals surface area contributed by atoms with E-state index in [2.05, 4.69) is 45.6 Å². The van der Waals surface area contributed by atoms with Crippen molar-refractivity contribution in [2.24, 2.45) is 4.99 Å². The number of aryl methyl sites for hydroxylation is 2. The van der Waals surface area contributed by atoms with E-state index in [1.807, 2.05) is 29.3 Å². The van der Waals surface area contributed by atoms with Crippen molar-refractivity contribution in [1.82, 2.24) is 25.4 Å². The van der Waals surface area contributed by atoms with E-state index >= 15 is 0 Å². The van der Waals surface area contributed by atoms with E-state index in [4.69, 9.17) is 0 Å². The predicted octanol–water partition coefficient (Wildman–Crippen LogP) is 1.77. The van der Waals surface area contributed by atoms with Crippen LogP contribution in [0.5, 0.6) is 0 Å². The Hall–Kier alpha value is -2.37. The molecule has 23 heavy (non-hydrogen) atoms. The fourth-order valence-corrected chi connectivity index (χ4v) is 2.30. The number of aromatic nitrogens is 3. The van der Waals surface area contributed by atoms with Crippen molar-refractivity contribution in [3.8, 4) is 0 Å². The quantitative estimate of drug-likeness (QED) is 0.443. The van der Waals surface area contributed by atoms with Gasteiger partial charge in [0.25, 0.3) is 0 Å². The van der Waals surface area contributed by atoms with Gasteiger partial charge in [-0.1, -0.05) is 0 Å². The fraction of sp³-hybridized carbons (Fsp3) is 0.471. The summed E-state index contributed by atoms with van der Waals surface area (Å²) in [6.45, 7) is 7.57. The van der Waals surface area contributed by atoms with Crippen molar-refractivity contribution in [3.05, 3.63) is 48.0 Å². The first-order valence-corrected chi connectivity index (χ1v) is 8.18. The lowest BCUT2D eigenvalue weighted by Crippen LogP contribution is -2.38. The van der Waals surface area contributed by atoms with Crippen molar-refractivity contribution >= 4 is 5.96 Å². The van der Waals surface area contributed by atoms with Gasteiger partial charge in [0.2, 0.25) is 0 Å². The Morgan fingerprint density at radius 1 is 1.30 bits per heavy atom. The second-order valence-electron chi connectivity index (χ2n) is 5.36. The number of guanidine groups is 1. The zero-order valence-corrected chi connectivity index (χ0v) is 14.0. The molecule has 0 unspecified atom stereocenters. The average Bonchev–Trinajstić information content (AvgIpc) is 3.06. The first kappa shape index (κ1) is 17.0. The van der Waals surface area contributed by atoms with Crippen LogP contribution < -0.4 is 10.6 Å². The minimum atomic E-state index is 0.781. The number of hydrogen-bond acceptors (Lipinski definition) is 3. The first-order chi connectivity index (χ1) is 11.3. The van der Waals surface area contributed by atoms with Crippen molar-refractivity contribution in [2.75, 3.05) is 19.6 Å². The molecule has 0 bridgehead atoms. The van der Waals surface area contributed by atoms with E-state index in [0.29, 0.717) is 0 Å². The van der Waals surface area contributed by atoms with Crippen LogP contribution in [-0.4, -0.2) is 40.4 Å². The third kappa shape index (κ3) is 6.10. The second-order valence-corrected chi connectivity index (χ2v) is 5.36. The van der Waals surface area contributed by atoms with Gasteiger partial charge in [-0.2, -0.15) is 5.10 Å². The van der Waals surface area contributed by atoms with Crippen molar-refractivity contribution in [3.63, 3.8) is 0 Å². The topological polar surface area (TPSA) is 67.1 Å². The highest BCUT2D eigenvalue weighted by Crippen LogP contribution is 2.04. The molecule has 0 spiro atoms. The summed E-state index contributed by atoms with van der Waals surface area (Å²) in [7, 11) is 0. The van der Waals surface area contributed by atoms with Crippen molar-refractivity contribution < 1.29 is 0 Å². The number of nitrogens with zero attached hydrogens (tertiary/aromatic N) is 4. The maximum atomic E-state index is 4.61. The normalized spacial score (nSPS) is 11.5. The minimum absolute atomic E-state index is 0.781. The van der Waals surface area contributed by atoms with Gasteiger partial charge in [0.1, 0.15) is 0 Å². The molecular weight excluding hydrogens is 288 g/mol. The van der Waals surface area contributed by atoms with Crippen LogP contribution in [0, 0.1) is 6.92 Å². The molecule has 0 amide bonds. The lowest BCUT2D eigenvalue weighted by Gasteiger charge is -2.12. The van der Waals surface area contributed by atoms with Crippen LogP contribution in [0.2, 0.25) is 0 Å². The molecule has 0 fully saturated rings. The lowest BCUT2D eigenvalue weighted by molar-refractivity contribution is 0.584. The molecule has 0 aliphatic carbocycles. The summed E-state index contributed by atoms with van der Waals surface area (Å²) in [6, 6.07) is 4.02. The Morgan fingerprint density at radius 2 is 2.22 bits per heavy atom. The molecule has 0 saturated heterocycles. The zero-order valence-electron chi connectivity index (χ0n) is 14.0. The molecule has 2 aromatic heterocycles. The van der Waals surface area contributed by atoms with Gasteiger partial charge in [-0.25, -0.2) is 0 Å². The van der Waals surface area contributed by atoms with E-state index in [1.165, 1.54) is 11.1 Å². The fourth-order valence-electron chi connectivity index (χ4n) is 2.30. The standard InChI is InChI=1S/C17H26N6/c1-3-19-17(20-8-4-12-23-13-5-9-22-23)21-11-7-16-6-10-18-14-15(16)2/h5-6,9-10,13-14H,3-4,7-8,11-12H2,1-2H3,(H2,19,20,21). The maximum Gasteiger partial charge on any atom is 0.191 e. The molecular formula is C17H26N6. The number of pyridine rings is 1. The summed E-state index contributed by atoms with van der Waals surface area (Å²) in [6.07, 6.45) is 9.47. The van der Waals surface area contributed by atoms with Gasteiger partial charge in [0.15, 0.2) is 5.96 Å². The first-order valence-electron chi connectivity index (χ1n) is 8.18. The molecule has 2 heterocycles. The van der Waals surface area contributed by atoms with Crippen LogP contribution in [0.15, 0.2) is 41.9 Å². The Labute approximate surface area is 138 Å². The van der Waals surface area contributed by atoms with Gasteiger partial charge < -0.3 is 10.6 Å². The zero-order chi connectivity index (χ0) is 16.3. The maximum absolute atomic E-state index is 4.61. The van der Waals surface area contributed by atoms with Crippen LogP contribution in [0.3, 0.4) is 0 Å². The van der Waals surface area contributed by atoms with Gasteiger partial charge in [-0.3, -0.25) is 14.7 Å². The van der Waals surface area contributed by atoms with E-state index in [9.17, 15) is 0 Å². The number of nitrogens with one attached hydrogen (secondary N) is 2. The van der Waals surface area contributed by atoms with Crippen LogP contribution in [0.4, 0.5) is 0 Å². The van der Waals surface area contributed by atoms with E-state index in [-0.39, 0.29) is 0 Å². The van der Waals surface area contributed by atoms with Gasteiger partial charge in [0, 0.05) is 51.0 Å². The van der Waals surface area contributed by atoms with Crippen LogP contribution in [0.1, 0.15) is 24.5 Å². The average molecular weight is 314 g/mol. The highest BCUT2D eigenvalue weighted by atomic mass is 15.3. The van der Waals surface area contributed by atoms with E-state index in [0.717, 1.165) is 45.0 Å². The van der Waals surface area contributed by atoms with Gasteiger partial charge in [0.05, 0.1) is 0 Å². The minimum Gasteiger partial charge on any atom is -0.357 e. The Balaban J connectivity index is 1.74. The highest BCUT2D eigenvalue weighted by Gasteiger charge is 2.00. The molecule has 124 valence electrons. The third-order valence-corrected chi connectivity index (χ3v) is 3.54. The highest BCUT2D eigenvalue weighted by molar-refractivity contribution is 5.79. The van der Waals surface area contributed by atoms with Gasteiger partial charge >= 0.3 is 0 Å². The summed E-state index contributed by atoms with van der Waals surface area (Å²) in [5.41, 5.74) is 2.55. The van der Waals surface area contributed by atoms with Crippen molar-refractivity contribution in [1.29, 1.82) is 0 Å². The molecule has 0 aliphatic heterocycles. The SMILES string of the molecule is CCNC(=NCCCn1cccn1)NCCc1ccncc1C. The molecule has 0 saturated carbocycles. The molecule has 2 N–H and O–H groups in total. The summed E-state index contributed by atoms with van der Waals surface area (Å²) < 4.78 is 1.93. The molecule has 0 atom stereocenters. The summed E-state index contributed by atoms with van der Waals surface area (Å²) in [4.78, 5) is 8.73. The lowest BCUT2D eigenvalue weighted by atomic mass is 10.1. The summed E-state index contributed by atoms with van der Waals surface area (Å²) in [5, 5.41) is 10.9. The second kappa shape index (κ2) is 9.61. The molecule has 0 radical (unpaired) electrons. The molecule has 0 aromatic carbocycles. The smallest absolute Gasteiger partial charge is 0.191 e. The Kier molecular flexibility index (Phi) is 7.10. The summed E-state index contributed by atoms with van der Waals surface area (Å²) >= 11 is 0. The Morgan fingerprint density at radius 3 is 2.96 bits per heavy atom. The monoisotopic (exact) mass is 314 g/mol. The molecule has 6 nitrogen and oxygen atoms in total. The predicted molar refractivity (Wildman–Crippen MR) is 93.5 cm³/mol. The van der Waals surface area contributed by atoms with E-state index in [1.54, 1.807) is 6.20 Å². The largest absolute Gasteiger partial charge is 0.357 e. The molecule has 0 aliphatic rings. The van der Waals surface area contributed by atoms with E-state index < -0.39 is 0 Å². The van der Waals surface area contributed by atoms with Crippen molar-refractivity contribution in [2.45, 2.75) is 33.2 Å². The number of aliphatic imine (C=N–C) groups is 1. The molecule has 6 heteroatoms. The van der Waals surface area contributed by atoms with Gasteiger partial charge in [-0.15, -0.1) is 0 Å². The molecule has 2 aromatic rings. The van der Waals surface area contributed by atoms with Crippen LogP contribution in [0.25, 0.3) is 0 Å². The third-order valence-electron chi connectivity index (χ3n) is 3.54. The van der Waals surface area contributed by atoms with Gasteiger partial charge in [-0.05, 0) is 49.9 Å². The van der Waals surface area contributed by atoms with Crippen LogP contribution in [-0.2, 0) is 13.0 Å². The Bertz CT molecular complexity index is 591. The molecule has 2 rings (SSSR count). The summed E-state index contributed by atoms with van der Waals surface area (Å²) in [5.74, 6) is 0.875.